The van der Waals surface area contributed by atoms with Gasteiger partial charge in [0.15, 0.2) is 0 Å². The fourth-order valence-electron chi connectivity index (χ4n) is 2.76. The highest BCUT2D eigenvalue weighted by molar-refractivity contribution is 7.13. The third-order valence-electron chi connectivity index (χ3n) is 3.88. The van der Waals surface area contributed by atoms with Crippen LogP contribution in [0.5, 0.6) is 0 Å². The summed E-state index contributed by atoms with van der Waals surface area (Å²) in [6, 6.07) is 19.0. The van der Waals surface area contributed by atoms with Gasteiger partial charge in [-0.3, -0.25) is 4.90 Å². The molecule has 0 amide bonds. The summed E-state index contributed by atoms with van der Waals surface area (Å²) in [7, 11) is 2.06. The number of rotatable bonds is 5. The molecule has 5 heteroatoms. The molecule has 0 fully saturated rings. The Kier molecular flexibility index (Phi) is 4.11. The number of benzene rings is 2. The topological polar surface area (TPSA) is 42.2 Å². The molecule has 0 aliphatic heterocycles. The molecule has 0 spiro atoms. The van der Waals surface area contributed by atoms with Crippen molar-refractivity contribution in [1.29, 1.82) is 0 Å². The van der Waals surface area contributed by atoms with Crippen LogP contribution in [0.3, 0.4) is 0 Å². The van der Waals surface area contributed by atoms with Gasteiger partial charge in [-0.05, 0) is 40.9 Å². The quantitative estimate of drug-likeness (QED) is 0.535. The normalized spacial score (nSPS) is 11.4. The van der Waals surface area contributed by atoms with Crippen molar-refractivity contribution in [2.24, 2.45) is 0 Å². The van der Waals surface area contributed by atoms with Crippen LogP contribution >= 0.6 is 11.3 Å². The first-order valence-corrected chi connectivity index (χ1v) is 8.68. The number of hydrogen-bond acceptors (Lipinski definition) is 5. The summed E-state index contributed by atoms with van der Waals surface area (Å²) in [5.41, 5.74) is 1.27. The van der Waals surface area contributed by atoms with E-state index in [-0.39, 0.29) is 0 Å². The predicted octanol–water partition coefficient (Wildman–Crippen LogP) is 4.58. The lowest BCUT2D eigenvalue weighted by atomic mass is 10.1. The summed E-state index contributed by atoms with van der Waals surface area (Å²) in [5.74, 6) is 1.31. The number of hydrogen-bond donors (Lipinski definition) is 0. The molecule has 2 aromatic heterocycles. The Morgan fingerprint density at radius 2 is 1.88 bits per heavy atom. The molecule has 0 saturated carbocycles. The van der Waals surface area contributed by atoms with Gasteiger partial charge in [0.2, 0.25) is 11.7 Å². The fourth-order valence-corrected chi connectivity index (χ4v) is 3.41. The molecule has 24 heavy (non-hydrogen) atoms. The van der Waals surface area contributed by atoms with Gasteiger partial charge in [0.1, 0.15) is 0 Å². The van der Waals surface area contributed by atoms with Crippen molar-refractivity contribution < 1.29 is 4.52 Å². The van der Waals surface area contributed by atoms with Crippen molar-refractivity contribution in [3.63, 3.8) is 0 Å². The van der Waals surface area contributed by atoms with E-state index >= 15 is 0 Å². The minimum atomic E-state index is 0.630. The predicted molar refractivity (Wildman–Crippen MR) is 96.7 cm³/mol. The van der Waals surface area contributed by atoms with Crippen molar-refractivity contribution in [1.82, 2.24) is 15.0 Å². The molecule has 2 aromatic carbocycles. The summed E-state index contributed by atoms with van der Waals surface area (Å²) in [4.78, 5) is 7.68. The third kappa shape index (κ3) is 3.22. The first-order chi connectivity index (χ1) is 11.8. The van der Waals surface area contributed by atoms with E-state index in [2.05, 4.69) is 64.6 Å². The fraction of sp³-hybridized carbons (Fsp3) is 0.158. The Bertz CT molecular complexity index is 946. The lowest BCUT2D eigenvalue weighted by molar-refractivity contribution is 0.261. The van der Waals surface area contributed by atoms with Gasteiger partial charge in [0.05, 0.1) is 11.4 Å². The van der Waals surface area contributed by atoms with E-state index in [1.54, 1.807) is 11.3 Å². The van der Waals surface area contributed by atoms with Crippen LogP contribution in [0, 0.1) is 0 Å². The van der Waals surface area contributed by atoms with Crippen LogP contribution < -0.4 is 0 Å². The Morgan fingerprint density at radius 1 is 1.00 bits per heavy atom. The molecule has 2 heterocycles. The van der Waals surface area contributed by atoms with E-state index in [9.17, 15) is 0 Å². The van der Waals surface area contributed by atoms with Crippen LogP contribution in [0.4, 0.5) is 0 Å². The molecule has 0 unspecified atom stereocenters. The highest BCUT2D eigenvalue weighted by Crippen LogP contribution is 2.22. The Morgan fingerprint density at radius 3 is 2.71 bits per heavy atom. The highest BCUT2D eigenvalue weighted by atomic mass is 32.1. The summed E-state index contributed by atoms with van der Waals surface area (Å²) < 4.78 is 5.37. The maximum absolute atomic E-state index is 5.37. The Balaban J connectivity index is 1.45. The molecule has 0 atom stereocenters. The van der Waals surface area contributed by atoms with Gasteiger partial charge in [-0.25, -0.2) is 0 Å². The molecule has 0 N–H and O–H groups in total. The van der Waals surface area contributed by atoms with Crippen LogP contribution in [-0.4, -0.2) is 22.1 Å². The molecule has 120 valence electrons. The van der Waals surface area contributed by atoms with Gasteiger partial charge in [0.25, 0.3) is 0 Å². The van der Waals surface area contributed by atoms with Crippen molar-refractivity contribution in [2.45, 2.75) is 13.1 Å². The number of aromatic nitrogens is 2. The van der Waals surface area contributed by atoms with Gasteiger partial charge in [-0.1, -0.05) is 47.6 Å². The SMILES string of the molecule is CN(Cc1ccc2ccccc2c1)Cc1nc(-c2cccs2)no1. The van der Waals surface area contributed by atoms with E-state index in [0.29, 0.717) is 18.3 Å². The zero-order valence-corrected chi connectivity index (χ0v) is 14.2. The Labute approximate surface area is 144 Å². The van der Waals surface area contributed by atoms with Gasteiger partial charge in [-0.2, -0.15) is 4.98 Å². The summed E-state index contributed by atoms with van der Waals surface area (Å²) in [5, 5.41) is 8.60. The zero-order chi connectivity index (χ0) is 16.4. The monoisotopic (exact) mass is 335 g/mol. The smallest absolute Gasteiger partial charge is 0.241 e. The van der Waals surface area contributed by atoms with Crippen LogP contribution in [0.25, 0.3) is 21.5 Å². The molecule has 0 radical (unpaired) electrons. The van der Waals surface area contributed by atoms with Gasteiger partial charge in [-0.15, -0.1) is 11.3 Å². The number of fused-ring (bicyclic) bond motifs is 1. The second-order valence-corrected chi connectivity index (χ2v) is 6.79. The van der Waals surface area contributed by atoms with Gasteiger partial charge < -0.3 is 4.52 Å². The second kappa shape index (κ2) is 6.55. The lowest BCUT2D eigenvalue weighted by Crippen LogP contribution is -2.17. The largest absolute Gasteiger partial charge is 0.338 e. The van der Waals surface area contributed by atoms with Crippen LogP contribution in [0.1, 0.15) is 11.5 Å². The maximum atomic E-state index is 5.37. The van der Waals surface area contributed by atoms with E-state index in [1.165, 1.54) is 16.3 Å². The first-order valence-electron chi connectivity index (χ1n) is 7.80. The minimum Gasteiger partial charge on any atom is -0.338 e. The summed E-state index contributed by atoms with van der Waals surface area (Å²) in [6.45, 7) is 1.47. The average molecular weight is 335 g/mol. The van der Waals surface area contributed by atoms with Crippen LogP contribution in [0.2, 0.25) is 0 Å². The molecule has 0 saturated heterocycles. The molecule has 4 aromatic rings. The number of nitrogens with zero attached hydrogens (tertiary/aromatic N) is 3. The Hall–Kier alpha value is -2.50. The first kappa shape index (κ1) is 15.1. The summed E-state index contributed by atoms with van der Waals surface area (Å²) >= 11 is 1.61. The second-order valence-electron chi connectivity index (χ2n) is 5.84. The minimum absolute atomic E-state index is 0.630. The highest BCUT2D eigenvalue weighted by Gasteiger charge is 2.11. The maximum Gasteiger partial charge on any atom is 0.241 e. The lowest BCUT2D eigenvalue weighted by Gasteiger charge is -2.14. The molecular weight excluding hydrogens is 318 g/mol. The zero-order valence-electron chi connectivity index (χ0n) is 13.3. The van der Waals surface area contributed by atoms with Gasteiger partial charge in [0, 0.05) is 6.54 Å². The molecular formula is C19H17N3OS. The molecule has 0 bridgehead atoms. The van der Waals surface area contributed by atoms with Crippen LogP contribution in [-0.2, 0) is 13.1 Å². The molecule has 0 aliphatic carbocycles. The van der Waals surface area contributed by atoms with Crippen molar-refractivity contribution in [3.8, 4) is 10.7 Å². The average Bonchev–Trinajstić information content (AvgIpc) is 3.26. The van der Waals surface area contributed by atoms with E-state index in [4.69, 9.17) is 4.52 Å². The van der Waals surface area contributed by atoms with E-state index in [0.717, 1.165) is 11.4 Å². The molecule has 4 rings (SSSR count). The molecule has 4 nitrogen and oxygen atoms in total. The van der Waals surface area contributed by atoms with E-state index in [1.807, 2.05) is 17.5 Å². The van der Waals surface area contributed by atoms with Crippen molar-refractivity contribution in [2.75, 3.05) is 7.05 Å². The van der Waals surface area contributed by atoms with Crippen molar-refractivity contribution >= 4 is 22.1 Å². The standard InChI is InChI=1S/C19H17N3OS/c1-22(12-14-8-9-15-5-2-3-6-16(15)11-14)13-18-20-19(21-23-18)17-7-4-10-24-17/h2-11H,12-13H2,1H3. The third-order valence-corrected chi connectivity index (χ3v) is 4.75. The van der Waals surface area contributed by atoms with Crippen LogP contribution in [0.15, 0.2) is 64.5 Å². The molecule has 0 aliphatic rings. The van der Waals surface area contributed by atoms with Gasteiger partial charge >= 0.3 is 0 Å². The summed E-state index contributed by atoms with van der Waals surface area (Å²) in [6.07, 6.45) is 0. The number of thiophene rings is 1. The van der Waals surface area contributed by atoms with Crippen molar-refractivity contribution in [3.05, 3.63) is 71.4 Å². The van der Waals surface area contributed by atoms with E-state index < -0.39 is 0 Å².